The highest BCUT2D eigenvalue weighted by molar-refractivity contribution is 6.30. The number of hydrogen-bond acceptors (Lipinski definition) is 2. The van der Waals surface area contributed by atoms with Crippen molar-refractivity contribution in [3.63, 3.8) is 0 Å². The van der Waals surface area contributed by atoms with Crippen molar-refractivity contribution in [1.82, 2.24) is 5.32 Å². The van der Waals surface area contributed by atoms with E-state index in [9.17, 15) is 4.79 Å². The van der Waals surface area contributed by atoms with Gasteiger partial charge in [-0.25, -0.2) is 0 Å². The first-order valence-corrected chi connectivity index (χ1v) is 8.83. The lowest BCUT2D eigenvalue weighted by Gasteiger charge is -2.40. The van der Waals surface area contributed by atoms with Gasteiger partial charge in [0.05, 0.1) is 0 Å². The Balaban J connectivity index is 0.00000225. The van der Waals surface area contributed by atoms with Crippen LogP contribution in [-0.2, 0) is 5.41 Å². The topological polar surface area (TPSA) is 55.1 Å². The minimum atomic E-state index is -0.0289. The first kappa shape index (κ1) is 19.8. The van der Waals surface area contributed by atoms with E-state index in [4.69, 9.17) is 17.3 Å². The lowest BCUT2D eigenvalue weighted by molar-refractivity contribution is 0.0918. The molecule has 0 heterocycles. The zero-order valence-corrected chi connectivity index (χ0v) is 15.7. The molecule has 0 unspecified atom stereocenters. The summed E-state index contributed by atoms with van der Waals surface area (Å²) in [6.07, 6.45) is 3.79. The molecule has 0 aliphatic heterocycles. The summed E-state index contributed by atoms with van der Waals surface area (Å²) >= 11 is 6.15. The van der Waals surface area contributed by atoms with Gasteiger partial charge in [0.2, 0.25) is 0 Å². The molecule has 3 nitrogen and oxygen atoms in total. The van der Waals surface area contributed by atoms with Crippen LogP contribution in [0.1, 0.15) is 41.6 Å². The molecule has 1 aliphatic carbocycles. The quantitative estimate of drug-likeness (QED) is 0.831. The fourth-order valence-electron chi connectivity index (χ4n) is 3.60. The second-order valence-electron chi connectivity index (χ2n) is 6.61. The summed E-state index contributed by atoms with van der Waals surface area (Å²) in [6.45, 7) is 0.604. The smallest absolute Gasteiger partial charge is 0.251 e. The van der Waals surface area contributed by atoms with Gasteiger partial charge < -0.3 is 11.1 Å². The molecular weight excluding hydrogens is 355 g/mol. The van der Waals surface area contributed by atoms with Crippen LogP contribution in [0.3, 0.4) is 0 Å². The molecular formula is C20H24Cl2N2O. The Morgan fingerprint density at radius 2 is 1.80 bits per heavy atom. The summed E-state index contributed by atoms with van der Waals surface area (Å²) in [5.74, 6) is 0.00334. The van der Waals surface area contributed by atoms with Gasteiger partial charge in [-0.15, -0.1) is 12.4 Å². The number of halogens is 2. The predicted octanol–water partition coefficient (Wildman–Crippen LogP) is 4.33. The third kappa shape index (κ3) is 4.55. The van der Waals surface area contributed by atoms with Gasteiger partial charge in [-0.3, -0.25) is 4.79 Å². The molecule has 3 rings (SSSR count). The highest BCUT2D eigenvalue weighted by atomic mass is 35.5. The molecule has 134 valence electrons. The molecule has 1 saturated carbocycles. The molecule has 0 aromatic heterocycles. The van der Waals surface area contributed by atoms with Gasteiger partial charge in [0, 0.05) is 28.6 Å². The van der Waals surface area contributed by atoms with Crippen LogP contribution in [0, 0.1) is 0 Å². The van der Waals surface area contributed by atoms with Crippen molar-refractivity contribution in [2.75, 3.05) is 6.54 Å². The van der Waals surface area contributed by atoms with Crippen LogP contribution in [0.15, 0.2) is 54.6 Å². The van der Waals surface area contributed by atoms with E-state index >= 15 is 0 Å². The van der Waals surface area contributed by atoms with Crippen molar-refractivity contribution < 1.29 is 4.79 Å². The minimum absolute atomic E-state index is 0. The zero-order valence-electron chi connectivity index (χ0n) is 14.1. The van der Waals surface area contributed by atoms with E-state index in [-0.39, 0.29) is 29.8 Å². The minimum Gasteiger partial charge on any atom is -0.349 e. The van der Waals surface area contributed by atoms with Crippen LogP contribution in [0.2, 0.25) is 5.02 Å². The second-order valence-corrected chi connectivity index (χ2v) is 7.04. The molecule has 0 spiro atoms. The molecule has 2 aromatic carbocycles. The van der Waals surface area contributed by atoms with Gasteiger partial charge in [0.1, 0.15) is 0 Å². The van der Waals surface area contributed by atoms with E-state index in [1.165, 1.54) is 5.56 Å². The van der Waals surface area contributed by atoms with Crippen LogP contribution < -0.4 is 11.1 Å². The predicted molar refractivity (Wildman–Crippen MR) is 106 cm³/mol. The Kier molecular flexibility index (Phi) is 6.88. The molecule has 0 radical (unpaired) electrons. The third-order valence-corrected chi connectivity index (χ3v) is 5.38. The van der Waals surface area contributed by atoms with Crippen LogP contribution in [-0.4, -0.2) is 18.5 Å². The van der Waals surface area contributed by atoms with Crippen LogP contribution in [0.5, 0.6) is 0 Å². The van der Waals surface area contributed by atoms with Crippen LogP contribution in [0.25, 0.3) is 0 Å². The average molecular weight is 379 g/mol. The number of nitrogens with two attached hydrogens (primary N) is 1. The Morgan fingerprint density at radius 1 is 1.12 bits per heavy atom. The fourth-order valence-corrected chi connectivity index (χ4v) is 3.79. The van der Waals surface area contributed by atoms with E-state index in [1.807, 2.05) is 48.5 Å². The summed E-state index contributed by atoms with van der Waals surface area (Å²) in [6, 6.07) is 17.6. The first-order chi connectivity index (χ1) is 11.6. The van der Waals surface area contributed by atoms with Crippen LogP contribution >= 0.6 is 24.0 Å². The summed E-state index contributed by atoms with van der Waals surface area (Å²) in [7, 11) is 0. The van der Waals surface area contributed by atoms with Gasteiger partial charge in [0.15, 0.2) is 0 Å². The van der Waals surface area contributed by atoms with Gasteiger partial charge >= 0.3 is 0 Å². The molecule has 0 bridgehead atoms. The summed E-state index contributed by atoms with van der Waals surface area (Å²) in [5, 5.41) is 3.90. The second kappa shape index (κ2) is 8.70. The van der Waals surface area contributed by atoms with Crippen molar-refractivity contribution in [2.24, 2.45) is 5.73 Å². The fraction of sp³-hybridized carbons (Fsp3) is 0.350. The highest BCUT2D eigenvalue weighted by Gasteiger charge is 2.36. The van der Waals surface area contributed by atoms with E-state index in [1.54, 1.807) is 0 Å². The maximum absolute atomic E-state index is 12.3. The Morgan fingerprint density at radius 3 is 2.40 bits per heavy atom. The van der Waals surface area contributed by atoms with E-state index in [0.717, 1.165) is 30.7 Å². The molecule has 2 aromatic rings. The number of hydrogen-bond donors (Lipinski definition) is 2. The van der Waals surface area contributed by atoms with Gasteiger partial charge in [-0.1, -0.05) is 41.9 Å². The maximum atomic E-state index is 12.3. The summed E-state index contributed by atoms with van der Waals surface area (Å²) in [5.41, 5.74) is 8.02. The molecule has 25 heavy (non-hydrogen) atoms. The largest absolute Gasteiger partial charge is 0.349 e. The number of carbonyl (C=O) groups is 1. The van der Waals surface area contributed by atoms with Crippen molar-refractivity contribution in [1.29, 1.82) is 0 Å². The van der Waals surface area contributed by atoms with Crippen LogP contribution in [0.4, 0.5) is 0 Å². The number of rotatable bonds is 4. The van der Waals surface area contributed by atoms with Crippen molar-refractivity contribution in [3.05, 3.63) is 70.7 Å². The Bertz CT molecular complexity index is 698. The summed E-state index contributed by atoms with van der Waals surface area (Å²) < 4.78 is 0. The van der Waals surface area contributed by atoms with E-state index < -0.39 is 0 Å². The van der Waals surface area contributed by atoms with Crippen molar-refractivity contribution in [2.45, 2.75) is 37.1 Å². The first-order valence-electron chi connectivity index (χ1n) is 8.45. The SMILES string of the molecule is Cl.NC[C@]1(c2cccc(Cl)c2)CC[C@H](NC(=O)c2ccccc2)CC1. The van der Waals surface area contributed by atoms with Gasteiger partial charge in [-0.05, 0) is 55.5 Å². The molecule has 1 aliphatic rings. The van der Waals surface area contributed by atoms with Crippen molar-refractivity contribution >= 4 is 29.9 Å². The normalized spacial score (nSPS) is 22.7. The lowest BCUT2D eigenvalue weighted by atomic mass is 9.68. The lowest BCUT2D eigenvalue weighted by Crippen LogP contribution is -2.45. The molecule has 0 saturated heterocycles. The van der Waals surface area contributed by atoms with Gasteiger partial charge in [-0.2, -0.15) is 0 Å². The molecule has 1 fully saturated rings. The third-order valence-electron chi connectivity index (χ3n) is 5.14. The molecule has 5 heteroatoms. The number of amides is 1. The number of nitrogens with one attached hydrogen (secondary N) is 1. The maximum Gasteiger partial charge on any atom is 0.251 e. The Labute approximate surface area is 160 Å². The summed E-state index contributed by atoms with van der Waals surface area (Å²) in [4.78, 5) is 12.3. The average Bonchev–Trinajstić information content (AvgIpc) is 2.63. The standard InChI is InChI=1S/C20H23ClN2O.ClH/c21-17-8-4-7-16(13-17)20(14-22)11-9-18(10-12-20)23-19(24)15-5-2-1-3-6-15;/h1-8,13,18H,9-12,14,22H2,(H,23,24);1H/t18-,20-;. The highest BCUT2D eigenvalue weighted by Crippen LogP contribution is 2.39. The Hall–Kier alpha value is -1.55. The molecule has 3 N–H and O–H groups in total. The van der Waals surface area contributed by atoms with E-state index in [2.05, 4.69) is 11.4 Å². The zero-order chi connectivity index (χ0) is 17.0. The number of benzene rings is 2. The molecule has 0 atom stereocenters. The monoisotopic (exact) mass is 378 g/mol. The van der Waals surface area contributed by atoms with E-state index in [0.29, 0.717) is 12.1 Å². The number of carbonyl (C=O) groups excluding carboxylic acids is 1. The van der Waals surface area contributed by atoms with Gasteiger partial charge in [0.25, 0.3) is 5.91 Å². The van der Waals surface area contributed by atoms with Crippen molar-refractivity contribution in [3.8, 4) is 0 Å². The molecule has 1 amide bonds.